The van der Waals surface area contributed by atoms with Gasteiger partial charge >= 0.3 is 0 Å². The molecule has 0 atom stereocenters. The van der Waals surface area contributed by atoms with Crippen LogP contribution in [0.4, 0.5) is 0 Å². The highest BCUT2D eigenvalue weighted by Crippen LogP contribution is 2.22. The van der Waals surface area contributed by atoms with E-state index in [4.69, 9.17) is 0 Å². The summed E-state index contributed by atoms with van der Waals surface area (Å²) in [5, 5.41) is 2.99. The minimum absolute atomic E-state index is 0.0462. The van der Waals surface area contributed by atoms with E-state index in [1.807, 2.05) is 25.7 Å². The fraction of sp³-hybridized carbons (Fsp3) is 0.550. The Bertz CT molecular complexity index is 926. The summed E-state index contributed by atoms with van der Waals surface area (Å²) in [5.41, 5.74) is 0.138. The highest BCUT2D eigenvalue weighted by Gasteiger charge is 2.31. The first kappa shape index (κ1) is 21.3. The van der Waals surface area contributed by atoms with Crippen LogP contribution in [0.15, 0.2) is 34.2 Å². The van der Waals surface area contributed by atoms with Gasteiger partial charge in [-0.1, -0.05) is 32.9 Å². The zero-order valence-corrected chi connectivity index (χ0v) is 17.9. The molecule has 0 unspecified atom stereocenters. The third kappa shape index (κ3) is 4.95. The molecule has 8 nitrogen and oxygen atoms in total. The van der Waals surface area contributed by atoms with Gasteiger partial charge < -0.3 is 10.2 Å². The number of aliphatic imine (C=N–C) groups is 1. The normalized spacial score (nSPS) is 20.2. The van der Waals surface area contributed by atoms with Gasteiger partial charge in [-0.2, -0.15) is 0 Å². The van der Waals surface area contributed by atoms with Gasteiger partial charge in [0.15, 0.2) is 0 Å². The standard InChI is InChI=1S/C20H28N4O4S/c1-20(2,3)19(26)24-12-9-14(10-13-24)22-17(25)8-11-21-18-15-6-4-5-7-16(15)29(27,28)23-18/h4-7,14H,8-13H2,1-3H3,(H,21,23)(H,22,25). The smallest absolute Gasteiger partial charge is 0.263 e. The highest BCUT2D eigenvalue weighted by molar-refractivity contribution is 7.90. The molecule has 2 aliphatic heterocycles. The largest absolute Gasteiger partial charge is 0.353 e. The zero-order chi connectivity index (χ0) is 21.2. The number of amides is 2. The molecule has 0 saturated carbocycles. The van der Waals surface area contributed by atoms with Crippen molar-refractivity contribution in [3.8, 4) is 0 Å². The zero-order valence-electron chi connectivity index (χ0n) is 17.1. The fourth-order valence-electron chi connectivity index (χ4n) is 3.52. The number of fused-ring (bicyclic) bond motifs is 1. The number of hydrogen-bond donors (Lipinski definition) is 2. The number of amidine groups is 1. The quantitative estimate of drug-likeness (QED) is 0.765. The molecule has 158 valence electrons. The molecule has 2 heterocycles. The second kappa shape index (κ2) is 8.14. The van der Waals surface area contributed by atoms with Crippen LogP contribution in [0.25, 0.3) is 0 Å². The maximum atomic E-state index is 12.3. The molecule has 2 amide bonds. The molecule has 2 aliphatic rings. The van der Waals surface area contributed by atoms with E-state index in [0.29, 0.717) is 18.7 Å². The summed E-state index contributed by atoms with van der Waals surface area (Å²) < 4.78 is 26.6. The Hall–Kier alpha value is -2.42. The van der Waals surface area contributed by atoms with Gasteiger partial charge in [0.25, 0.3) is 10.0 Å². The number of carbonyl (C=O) groups is 2. The highest BCUT2D eigenvalue weighted by atomic mass is 32.2. The third-order valence-electron chi connectivity index (χ3n) is 5.06. The van der Waals surface area contributed by atoms with Crippen molar-refractivity contribution in [2.75, 3.05) is 19.6 Å². The van der Waals surface area contributed by atoms with E-state index in [0.717, 1.165) is 12.8 Å². The van der Waals surface area contributed by atoms with Crippen LogP contribution in [0.1, 0.15) is 45.6 Å². The molecule has 29 heavy (non-hydrogen) atoms. The fourth-order valence-corrected chi connectivity index (χ4v) is 4.77. The van der Waals surface area contributed by atoms with Crippen molar-refractivity contribution in [2.24, 2.45) is 10.4 Å². The lowest BCUT2D eigenvalue weighted by atomic mass is 9.93. The van der Waals surface area contributed by atoms with Gasteiger partial charge in [0.05, 0.1) is 11.4 Å². The average molecular weight is 421 g/mol. The number of piperidine rings is 1. The molecule has 1 fully saturated rings. The van der Waals surface area contributed by atoms with E-state index in [2.05, 4.69) is 15.0 Å². The molecular formula is C20H28N4O4S. The van der Waals surface area contributed by atoms with Gasteiger partial charge in [-0.3, -0.25) is 19.3 Å². The average Bonchev–Trinajstić information content (AvgIpc) is 2.92. The Labute approximate surface area is 171 Å². The summed E-state index contributed by atoms with van der Waals surface area (Å²) >= 11 is 0. The van der Waals surface area contributed by atoms with Crippen LogP contribution in [0.2, 0.25) is 0 Å². The second-order valence-electron chi connectivity index (χ2n) is 8.47. The summed E-state index contributed by atoms with van der Waals surface area (Å²) in [7, 11) is -3.56. The van der Waals surface area contributed by atoms with Crippen LogP contribution in [0.3, 0.4) is 0 Å². The van der Waals surface area contributed by atoms with Crippen molar-refractivity contribution in [1.29, 1.82) is 0 Å². The number of carbonyl (C=O) groups excluding carboxylic acids is 2. The van der Waals surface area contributed by atoms with Gasteiger partial charge in [-0.05, 0) is 25.0 Å². The lowest BCUT2D eigenvalue weighted by molar-refractivity contribution is -0.140. The second-order valence-corrected chi connectivity index (χ2v) is 10.1. The molecule has 1 saturated heterocycles. The minimum atomic E-state index is -3.56. The molecule has 0 bridgehead atoms. The molecule has 3 rings (SSSR count). The van der Waals surface area contributed by atoms with Crippen molar-refractivity contribution in [2.45, 2.75) is 51.0 Å². The van der Waals surface area contributed by atoms with Crippen LogP contribution in [0.5, 0.6) is 0 Å². The Balaban J connectivity index is 1.47. The van der Waals surface area contributed by atoms with Crippen molar-refractivity contribution in [3.63, 3.8) is 0 Å². The van der Waals surface area contributed by atoms with Crippen molar-refractivity contribution >= 4 is 27.7 Å². The van der Waals surface area contributed by atoms with E-state index in [1.54, 1.807) is 18.2 Å². The van der Waals surface area contributed by atoms with Crippen molar-refractivity contribution in [3.05, 3.63) is 29.8 Å². The lowest BCUT2D eigenvalue weighted by Crippen LogP contribution is -2.49. The molecule has 0 radical (unpaired) electrons. The number of nitrogens with zero attached hydrogens (tertiary/aromatic N) is 2. The molecule has 0 aliphatic carbocycles. The SMILES string of the molecule is CC(C)(C)C(=O)N1CCC(NC(=O)CCN=C2NS(=O)(=O)c3ccccc32)CC1. The van der Waals surface area contributed by atoms with Gasteiger partial charge in [-0.15, -0.1) is 0 Å². The third-order valence-corrected chi connectivity index (χ3v) is 6.46. The van der Waals surface area contributed by atoms with Crippen molar-refractivity contribution in [1.82, 2.24) is 14.9 Å². The molecule has 2 N–H and O–H groups in total. The van der Waals surface area contributed by atoms with Crippen LogP contribution in [-0.4, -0.2) is 56.6 Å². The Morgan fingerprint density at radius 2 is 1.86 bits per heavy atom. The molecule has 1 aromatic rings. The summed E-state index contributed by atoms with van der Waals surface area (Å²) in [6.45, 7) is 7.21. The maximum absolute atomic E-state index is 12.3. The monoisotopic (exact) mass is 420 g/mol. The lowest BCUT2D eigenvalue weighted by Gasteiger charge is -2.36. The van der Waals surface area contributed by atoms with Crippen LogP contribution < -0.4 is 10.0 Å². The summed E-state index contributed by atoms with van der Waals surface area (Å²) in [6, 6.07) is 6.68. The Kier molecular flexibility index (Phi) is 5.97. The minimum Gasteiger partial charge on any atom is -0.353 e. The molecule has 9 heteroatoms. The van der Waals surface area contributed by atoms with E-state index in [-0.39, 0.29) is 41.6 Å². The summed E-state index contributed by atoms with van der Waals surface area (Å²) in [5.74, 6) is 0.295. The maximum Gasteiger partial charge on any atom is 0.263 e. The number of likely N-dealkylation sites (tertiary alicyclic amines) is 1. The summed E-state index contributed by atoms with van der Waals surface area (Å²) in [4.78, 5) is 30.9. The molecule has 1 aromatic carbocycles. The van der Waals surface area contributed by atoms with E-state index < -0.39 is 15.4 Å². The van der Waals surface area contributed by atoms with E-state index >= 15 is 0 Å². The first-order valence-corrected chi connectivity index (χ1v) is 11.3. The summed E-state index contributed by atoms with van der Waals surface area (Å²) in [6.07, 6.45) is 1.64. The van der Waals surface area contributed by atoms with Crippen LogP contribution in [0, 0.1) is 5.41 Å². The van der Waals surface area contributed by atoms with Crippen LogP contribution in [-0.2, 0) is 19.6 Å². The van der Waals surface area contributed by atoms with Crippen molar-refractivity contribution < 1.29 is 18.0 Å². The van der Waals surface area contributed by atoms with E-state index in [9.17, 15) is 18.0 Å². The Morgan fingerprint density at radius 1 is 1.21 bits per heavy atom. The van der Waals surface area contributed by atoms with Gasteiger partial charge in [0, 0.05) is 36.5 Å². The van der Waals surface area contributed by atoms with Gasteiger partial charge in [-0.25, -0.2) is 8.42 Å². The number of sulfonamides is 1. The first-order valence-electron chi connectivity index (χ1n) is 9.83. The number of benzene rings is 1. The topological polar surface area (TPSA) is 108 Å². The van der Waals surface area contributed by atoms with Gasteiger partial charge in [0.1, 0.15) is 5.84 Å². The number of nitrogens with one attached hydrogen (secondary N) is 2. The number of rotatable bonds is 4. The predicted molar refractivity (Wildman–Crippen MR) is 110 cm³/mol. The molecule has 0 spiro atoms. The predicted octanol–water partition coefficient (Wildman–Crippen LogP) is 1.27. The number of hydrogen-bond acceptors (Lipinski definition) is 5. The van der Waals surface area contributed by atoms with Gasteiger partial charge in [0.2, 0.25) is 11.8 Å². The first-order chi connectivity index (χ1) is 13.6. The Morgan fingerprint density at radius 3 is 2.52 bits per heavy atom. The van der Waals surface area contributed by atoms with Crippen LogP contribution >= 0.6 is 0 Å². The molecular weight excluding hydrogens is 392 g/mol. The molecule has 0 aromatic heterocycles. The van der Waals surface area contributed by atoms with E-state index in [1.165, 1.54) is 6.07 Å².